The van der Waals surface area contributed by atoms with Crippen LogP contribution in [0.25, 0.3) is 10.9 Å². The second-order valence-corrected chi connectivity index (χ2v) is 4.71. The smallest absolute Gasteiger partial charge is 0.294 e. The molecule has 5 nitrogen and oxygen atoms in total. The van der Waals surface area contributed by atoms with E-state index in [1.165, 1.54) is 6.07 Å². The lowest BCUT2D eigenvalue weighted by Gasteiger charge is -1.97. The zero-order chi connectivity index (χ0) is 14.8. The highest BCUT2D eigenvalue weighted by Gasteiger charge is 2.11. The van der Waals surface area contributed by atoms with Crippen molar-refractivity contribution in [3.63, 3.8) is 0 Å². The number of nitrogens with zero attached hydrogens (tertiary/aromatic N) is 2. The molecular formula is C16H13N3O2. The quantitative estimate of drug-likeness (QED) is 0.444. The maximum absolute atomic E-state index is 11.0. The van der Waals surface area contributed by atoms with Crippen LogP contribution in [0.2, 0.25) is 0 Å². The van der Waals surface area contributed by atoms with Crippen LogP contribution in [0.1, 0.15) is 11.3 Å². The average molecular weight is 279 g/mol. The van der Waals surface area contributed by atoms with Crippen LogP contribution in [0.5, 0.6) is 0 Å². The number of nitrogens with one attached hydrogen (secondary N) is 1. The highest BCUT2D eigenvalue weighted by Crippen LogP contribution is 2.27. The number of aromatic amines is 1. The van der Waals surface area contributed by atoms with Gasteiger partial charge in [-0.05, 0) is 19.1 Å². The number of nitro benzene ring substituents is 1. The number of aliphatic imine (C=N–C) groups is 1. The van der Waals surface area contributed by atoms with Crippen molar-refractivity contribution in [2.24, 2.45) is 4.99 Å². The van der Waals surface area contributed by atoms with Gasteiger partial charge in [-0.25, -0.2) is 4.99 Å². The Labute approximate surface area is 121 Å². The van der Waals surface area contributed by atoms with Gasteiger partial charge >= 0.3 is 0 Å². The molecule has 0 unspecified atom stereocenters. The summed E-state index contributed by atoms with van der Waals surface area (Å²) in [5, 5.41) is 12.0. The normalized spacial score (nSPS) is 11.3. The van der Waals surface area contributed by atoms with E-state index in [9.17, 15) is 10.1 Å². The van der Waals surface area contributed by atoms with E-state index in [-0.39, 0.29) is 5.69 Å². The van der Waals surface area contributed by atoms with Crippen LogP contribution in [-0.2, 0) is 0 Å². The molecule has 0 radical (unpaired) electrons. The summed E-state index contributed by atoms with van der Waals surface area (Å²) >= 11 is 0. The minimum Gasteiger partial charge on any atom is -0.358 e. The summed E-state index contributed by atoms with van der Waals surface area (Å²) in [4.78, 5) is 18.1. The summed E-state index contributed by atoms with van der Waals surface area (Å²) in [6.45, 7) is 1.96. The number of rotatable bonds is 3. The molecule has 0 saturated carbocycles. The van der Waals surface area contributed by atoms with Crippen LogP contribution in [-0.4, -0.2) is 16.1 Å². The molecule has 0 aliphatic rings. The van der Waals surface area contributed by atoms with E-state index < -0.39 is 4.92 Å². The molecule has 0 fully saturated rings. The molecule has 0 spiro atoms. The van der Waals surface area contributed by atoms with Crippen LogP contribution < -0.4 is 0 Å². The number of para-hydroxylation sites is 3. The summed E-state index contributed by atoms with van der Waals surface area (Å²) in [5.41, 5.74) is 3.32. The van der Waals surface area contributed by atoms with Gasteiger partial charge in [-0.15, -0.1) is 0 Å². The topological polar surface area (TPSA) is 71.3 Å². The molecule has 2 aromatic carbocycles. The molecule has 1 heterocycles. The standard InChI is InChI=1S/C16H13N3O2/c1-11-13(12-6-2-3-7-14(12)18-11)10-17-15-8-4-5-9-16(15)19(20)21/h2-10,18H,1H3. The summed E-state index contributed by atoms with van der Waals surface area (Å²) in [6.07, 6.45) is 1.68. The molecule has 0 saturated heterocycles. The number of nitro groups is 1. The number of aryl methyl sites for hydroxylation is 1. The molecule has 0 atom stereocenters. The molecule has 0 aliphatic carbocycles. The van der Waals surface area contributed by atoms with Gasteiger partial charge < -0.3 is 4.98 Å². The van der Waals surface area contributed by atoms with Crippen molar-refractivity contribution in [3.8, 4) is 0 Å². The van der Waals surface area contributed by atoms with Crippen LogP contribution in [0, 0.1) is 17.0 Å². The number of H-pyrrole nitrogens is 1. The summed E-state index contributed by atoms with van der Waals surface area (Å²) < 4.78 is 0. The maximum Gasteiger partial charge on any atom is 0.294 e. The van der Waals surface area contributed by atoms with Crippen molar-refractivity contribution < 1.29 is 4.92 Å². The van der Waals surface area contributed by atoms with Crippen LogP contribution in [0.15, 0.2) is 53.5 Å². The van der Waals surface area contributed by atoms with Gasteiger partial charge in [-0.1, -0.05) is 30.3 Å². The predicted molar refractivity (Wildman–Crippen MR) is 83.4 cm³/mol. The largest absolute Gasteiger partial charge is 0.358 e. The Bertz CT molecular complexity index is 850. The molecule has 1 aromatic heterocycles. The van der Waals surface area contributed by atoms with E-state index in [0.29, 0.717) is 5.69 Å². The first kappa shape index (κ1) is 13.1. The van der Waals surface area contributed by atoms with Crippen molar-refractivity contribution in [2.75, 3.05) is 0 Å². The first-order valence-corrected chi connectivity index (χ1v) is 6.51. The van der Waals surface area contributed by atoms with Gasteiger partial charge in [0.1, 0.15) is 5.69 Å². The lowest BCUT2D eigenvalue weighted by atomic mass is 10.1. The van der Waals surface area contributed by atoms with Crippen molar-refractivity contribution in [3.05, 3.63) is 69.9 Å². The molecule has 0 aliphatic heterocycles. The number of benzene rings is 2. The molecule has 21 heavy (non-hydrogen) atoms. The van der Waals surface area contributed by atoms with Gasteiger partial charge in [0, 0.05) is 34.4 Å². The highest BCUT2D eigenvalue weighted by atomic mass is 16.6. The molecule has 3 aromatic rings. The lowest BCUT2D eigenvalue weighted by Crippen LogP contribution is -1.88. The Morgan fingerprint density at radius 1 is 1.14 bits per heavy atom. The van der Waals surface area contributed by atoms with Crippen molar-refractivity contribution in [1.82, 2.24) is 4.98 Å². The van der Waals surface area contributed by atoms with E-state index in [4.69, 9.17) is 0 Å². The monoisotopic (exact) mass is 279 g/mol. The fraction of sp³-hybridized carbons (Fsp3) is 0.0625. The summed E-state index contributed by atoms with van der Waals surface area (Å²) in [5.74, 6) is 0. The number of aromatic nitrogens is 1. The van der Waals surface area contributed by atoms with E-state index >= 15 is 0 Å². The Morgan fingerprint density at radius 3 is 2.67 bits per heavy atom. The minimum absolute atomic E-state index is 0.00578. The van der Waals surface area contributed by atoms with Crippen LogP contribution in [0.3, 0.4) is 0 Å². The predicted octanol–water partition coefficient (Wildman–Crippen LogP) is 4.14. The van der Waals surface area contributed by atoms with E-state index in [1.807, 2.05) is 31.2 Å². The van der Waals surface area contributed by atoms with E-state index in [2.05, 4.69) is 9.98 Å². The second-order valence-electron chi connectivity index (χ2n) is 4.71. The van der Waals surface area contributed by atoms with Crippen molar-refractivity contribution in [1.29, 1.82) is 0 Å². The molecule has 0 bridgehead atoms. The number of hydrogen-bond donors (Lipinski definition) is 1. The average Bonchev–Trinajstić information content (AvgIpc) is 2.81. The Kier molecular flexibility index (Phi) is 3.23. The lowest BCUT2D eigenvalue weighted by molar-refractivity contribution is -0.384. The number of hydrogen-bond acceptors (Lipinski definition) is 3. The zero-order valence-electron chi connectivity index (χ0n) is 11.4. The van der Waals surface area contributed by atoms with Gasteiger partial charge in [0.05, 0.1) is 4.92 Å². The first-order valence-electron chi connectivity index (χ1n) is 6.51. The first-order chi connectivity index (χ1) is 10.2. The summed E-state index contributed by atoms with van der Waals surface area (Å²) in [7, 11) is 0. The molecular weight excluding hydrogens is 266 g/mol. The maximum atomic E-state index is 11.0. The summed E-state index contributed by atoms with van der Waals surface area (Å²) in [6, 6.07) is 14.4. The third-order valence-corrected chi connectivity index (χ3v) is 3.35. The number of fused-ring (bicyclic) bond motifs is 1. The fourth-order valence-electron chi connectivity index (χ4n) is 2.33. The SMILES string of the molecule is Cc1[nH]c2ccccc2c1C=Nc1ccccc1[N+](=O)[O-]. The van der Waals surface area contributed by atoms with Gasteiger partial charge in [-0.2, -0.15) is 0 Å². The highest BCUT2D eigenvalue weighted by molar-refractivity contribution is 6.01. The fourth-order valence-corrected chi connectivity index (χ4v) is 2.33. The third-order valence-electron chi connectivity index (χ3n) is 3.35. The molecule has 0 amide bonds. The zero-order valence-corrected chi connectivity index (χ0v) is 11.4. The van der Waals surface area contributed by atoms with E-state index in [1.54, 1.807) is 24.4 Å². The van der Waals surface area contributed by atoms with Crippen molar-refractivity contribution in [2.45, 2.75) is 6.92 Å². The van der Waals surface area contributed by atoms with Gasteiger partial charge in [0.15, 0.2) is 0 Å². The van der Waals surface area contributed by atoms with Crippen LogP contribution >= 0.6 is 0 Å². The van der Waals surface area contributed by atoms with Gasteiger partial charge in [0.2, 0.25) is 0 Å². The molecule has 3 rings (SSSR count). The Morgan fingerprint density at radius 2 is 1.86 bits per heavy atom. The molecule has 5 heteroatoms. The second kappa shape index (κ2) is 5.20. The van der Waals surface area contributed by atoms with Gasteiger partial charge in [0.25, 0.3) is 5.69 Å². The molecule has 1 N–H and O–H groups in total. The Balaban J connectivity index is 2.07. The van der Waals surface area contributed by atoms with Crippen LogP contribution in [0.4, 0.5) is 11.4 Å². The van der Waals surface area contributed by atoms with Gasteiger partial charge in [-0.3, -0.25) is 10.1 Å². The Hall–Kier alpha value is -2.95. The third kappa shape index (κ3) is 2.41. The molecule has 104 valence electrons. The minimum atomic E-state index is -0.422. The van der Waals surface area contributed by atoms with Crippen molar-refractivity contribution >= 4 is 28.5 Å². The van der Waals surface area contributed by atoms with E-state index in [0.717, 1.165) is 22.2 Å².